The molecule has 1 heterocycles. The van der Waals surface area contributed by atoms with Crippen molar-refractivity contribution in [3.63, 3.8) is 0 Å². The molecule has 6 heteroatoms. The fraction of sp³-hybridized carbons (Fsp3) is 0.133. The van der Waals surface area contributed by atoms with Gasteiger partial charge in [0, 0.05) is 5.69 Å². The highest BCUT2D eigenvalue weighted by atomic mass is 35.5. The van der Waals surface area contributed by atoms with E-state index in [-0.39, 0.29) is 12.5 Å². The van der Waals surface area contributed by atoms with E-state index in [0.717, 1.165) is 0 Å². The number of hydrogen-bond acceptors (Lipinski definition) is 4. The van der Waals surface area contributed by atoms with Crippen LogP contribution in [0.4, 0.5) is 11.4 Å². The van der Waals surface area contributed by atoms with Crippen LogP contribution in [0, 0.1) is 0 Å². The number of nitrogen functional groups attached to an aromatic ring is 1. The third kappa shape index (κ3) is 2.87. The van der Waals surface area contributed by atoms with Crippen molar-refractivity contribution in [3.05, 3.63) is 47.5 Å². The Morgan fingerprint density at radius 2 is 2.00 bits per heavy atom. The van der Waals surface area contributed by atoms with E-state index in [2.05, 4.69) is 5.32 Å². The summed E-state index contributed by atoms with van der Waals surface area (Å²) >= 11 is 6.02. The Balaban J connectivity index is 1.74. The minimum Gasteiger partial charge on any atom is -0.485 e. The number of anilines is 2. The fourth-order valence-corrected chi connectivity index (χ4v) is 2.17. The first kappa shape index (κ1) is 13.6. The van der Waals surface area contributed by atoms with Crippen LogP contribution >= 0.6 is 11.6 Å². The average Bonchev–Trinajstić information content (AvgIpc) is 2.50. The van der Waals surface area contributed by atoms with Gasteiger partial charge < -0.3 is 20.5 Å². The van der Waals surface area contributed by atoms with Crippen LogP contribution in [0.25, 0.3) is 0 Å². The number of rotatable bonds is 2. The van der Waals surface area contributed by atoms with Crippen molar-refractivity contribution < 1.29 is 14.3 Å². The van der Waals surface area contributed by atoms with Crippen LogP contribution in [-0.2, 0) is 4.79 Å². The van der Waals surface area contributed by atoms with E-state index in [1.807, 2.05) is 12.1 Å². The summed E-state index contributed by atoms with van der Waals surface area (Å²) in [4.78, 5) is 12.2. The van der Waals surface area contributed by atoms with Crippen LogP contribution in [0.2, 0.25) is 5.02 Å². The number of ether oxygens (including phenoxy) is 2. The van der Waals surface area contributed by atoms with Crippen LogP contribution < -0.4 is 20.5 Å². The molecule has 1 amide bonds. The minimum atomic E-state index is -0.739. The lowest BCUT2D eigenvalue weighted by Gasteiger charge is -2.25. The monoisotopic (exact) mass is 304 g/mol. The van der Waals surface area contributed by atoms with Gasteiger partial charge in [0.2, 0.25) is 6.10 Å². The Labute approximate surface area is 126 Å². The number of amides is 1. The molecule has 1 aliphatic rings. The van der Waals surface area contributed by atoms with Gasteiger partial charge in [0.25, 0.3) is 5.91 Å². The molecule has 0 saturated heterocycles. The van der Waals surface area contributed by atoms with Crippen molar-refractivity contribution >= 4 is 28.9 Å². The smallest absolute Gasteiger partial charge is 0.269 e. The van der Waals surface area contributed by atoms with Gasteiger partial charge in [-0.1, -0.05) is 23.7 Å². The fourth-order valence-electron chi connectivity index (χ4n) is 2.00. The SMILES string of the molecule is Nc1ccc(Cl)c(NC(=O)C2COc3ccccc3O2)c1. The standard InChI is InChI=1S/C15H13ClN2O3/c16-10-6-5-9(17)7-11(10)18-15(19)14-8-20-12-3-1-2-4-13(12)21-14/h1-7,14H,8,17H2,(H,18,19). The van der Waals surface area contributed by atoms with Gasteiger partial charge in [-0.15, -0.1) is 0 Å². The summed E-state index contributed by atoms with van der Waals surface area (Å²) < 4.78 is 11.1. The summed E-state index contributed by atoms with van der Waals surface area (Å²) in [5.74, 6) is 0.836. The molecule has 3 N–H and O–H groups in total. The summed E-state index contributed by atoms with van der Waals surface area (Å²) in [7, 11) is 0. The average molecular weight is 305 g/mol. The highest BCUT2D eigenvalue weighted by molar-refractivity contribution is 6.33. The van der Waals surface area contributed by atoms with Gasteiger partial charge in [-0.2, -0.15) is 0 Å². The number of benzene rings is 2. The summed E-state index contributed by atoms with van der Waals surface area (Å²) in [6.45, 7) is 0.142. The number of carbonyl (C=O) groups is 1. The second-order valence-corrected chi connectivity index (χ2v) is 5.00. The maximum absolute atomic E-state index is 12.2. The first-order valence-electron chi connectivity index (χ1n) is 6.38. The lowest BCUT2D eigenvalue weighted by molar-refractivity contribution is -0.125. The molecule has 0 spiro atoms. The highest BCUT2D eigenvalue weighted by Gasteiger charge is 2.27. The van der Waals surface area contributed by atoms with Gasteiger partial charge in [0.1, 0.15) is 6.61 Å². The molecule has 0 radical (unpaired) electrons. The van der Waals surface area contributed by atoms with E-state index in [4.69, 9.17) is 26.8 Å². The summed E-state index contributed by atoms with van der Waals surface area (Å²) in [5.41, 5.74) is 6.64. The number of hydrogen-bond donors (Lipinski definition) is 2. The highest BCUT2D eigenvalue weighted by Crippen LogP contribution is 2.31. The van der Waals surface area contributed by atoms with Gasteiger partial charge in [-0.05, 0) is 30.3 Å². The molecule has 0 bridgehead atoms. The maximum Gasteiger partial charge on any atom is 0.269 e. The molecule has 2 aromatic rings. The molecule has 0 fully saturated rings. The van der Waals surface area contributed by atoms with E-state index in [1.54, 1.807) is 30.3 Å². The van der Waals surface area contributed by atoms with Crippen molar-refractivity contribution in [1.82, 2.24) is 0 Å². The van der Waals surface area contributed by atoms with E-state index in [0.29, 0.717) is 27.9 Å². The van der Waals surface area contributed by atoms with E-state index in [1.165, 1.54) is 0 Å². The molecule has 0 aromatic heterocycles. The van der Waals surface area contributed by atoms with Crippen LogP contribution in [-0.4, -0.2) is 18.6 Å². The van der Waals surface area contributed by atoms with Crippen molar-refractivity contribution in [3.8, 4) is 11.5 Å². The lowest BCUT2D eigenvalue weighted by Crippen LogP contribution is -2.40. The van der Waals surface area contributed by atoms with E-state index in [9.17, 15) is 4.79 Å². The van der Waals surface area contributed by atoms with Crippen molar-refractivity contribution in [2.24, 2.45) is 0 Å². The summed E-state index contributed by atoms with van der Waals surface area (Å²) in [6.07, 6.45) is -0.739. The van der Waals surface area contributed by atoms with E-state index >= 15 is 0 Å². The van der Waals surface area contributed by atoms with Crippen molar-refractivity contribution in [2.45, 2.75) is 6.10 Å². The molecule has 21 heavy (non-hydrogen) atoms. The Morgan fingerprint density at radius 1 is 1.24 bits per heavy atom. The second kappa shape index (κ2) is 5.54. The molecule has 0 aliphatic carbocycles. The van der Waals surface area contributed by atoms with Gasteiger partial charge in [-0.3, -0.25) is 4.79 Å². The molecule has 1 unspecified atom stereocenters. The zero-order chi connectivity index (χ0) is 14.8. The molecule has 3 rings (SSSR count). The van der Waals surface area contributed by atoms with Gasteiger partial charge >= 0.3 is 0 Å². The Kier molecular flexibility index (Phi) is 3.58. The van der Waals surface area contributed by atoms with Crippen LogP contribution in [0.15, 0.2) is 42.5 Å². The van der Waals surface area contributed by atoms with Crippen LogP contribution in [0.5, 0.6) is 11.5 Å². The zero-order valence-electron chi connectivity index (χ0n) is 11.0. The number of nitrogens with one attached hydrogen (secondary N) is 1. The van der Waals surface area contributed by atoms with Crippen LogP contribution in [0.3, 0.4) is 0 Å². The minimum absolute atomic E-state index is 0.142. The maximum atomic E-state index is 12.2. The second-order valence-electron chi connectivity index (χ2n) is 4.59. The number of para-hydroxylation sites is 2. The lowest BCUT2D eigenvalue weighted by atomic mass is 10.2. The molecule has 0 saturated carbocycles. The molecule has 5 nitrogen and oxygen atoms in total. The summed E-state index contributed by atoms with van der Waals surface area (Å²) in [6, 6.07) is 12.1. The van der Waals surface area contributed by atoms with Crippen molar-refractivity contribution in [1.29, 1.82) is 0 Å². The number of nitrogens with two attached hydrogens (primary N) is 1. The zero-order valence-corrected chi connectivity index (χ0v) is 11.8. The van der Waals surface area contributed by atoms with Gasteiger partial charge in [0.05, 0.1) is 10.7 Å². The summed E-state index contributed by atoms with van der Waals surface area (Å²) in [5, 5.41) is 3.11. The number of carbonyl (C=O) groups excluding carboxylic acids is 1. The van der Waals surface area contributed by atoms with Crippen molar-refractivity contribution in [2.75, 3.05) is 17.7 Å². The molecular weight excluding hydrogens is 292 g/mol. The third-order valence-corrected chi connectivity index (χ3v) is 3.38. The van der Waals surface area contributed by atoms with E-state index < -0.39 is 6.10 Å². The quantitative estimate of drug-likeness (QED) is 0.837. The third-order valence-electron chi connectivity index (χ3n) is 3.05. The van der Waals surface area contributed by atoms with Crippen LogP contribution in [0.1, 0.15) is 0 Å². The molecular formula is C15H13ClN2O3. The first-order chi connectivity index (χ1) is 10.1. The predicted molar refractivity (Wildman–Crippen MR) is 80.8 cm³/mol. The first-order valence-corrected chi connectivity index (χ1v) is 6.75. The number of halogens is 1. The Morgan fingerprint density at radius 3 is 2.81 bits per heavy atom. The Hall–Kier alpha value is -2.40. The van der Waals surface area contributed by atoms with Gasteiger partial charge in [-0.25, -0.2) is 0 Å². The predicted octanol–water partition coefficient (Wildman–Crippen LogP) is 2.70. The molecule has 2 aromatic carbocycles. The van der Waals surface area contributed by atoms with Gasteiger partial charge in [0.15, 0.2) is 11.5 Å². The molecule has 1 aliphatic heterocycles. The normalized spacial score (nSPS) is 16.3. The molecule has 108 valence electrons. The Bertz CT molecular complexity index is 690. The molecule has 1 atom stereocenters. The largest absolute Gasteiger partial charge is 0.485 e. The number of fused-ring (bicyclic) bond motifs is 1. The topological polar surface area (TPSA) is 73.6 Å².